The van der Waals surface area contributed by atoms with Gasteiger partial charge in [0.2, 0.25) is 18.2 Å². The number of primary amides is 1. The average Bonchev–Trinajstić information content (AvgIpc) is 3.42. The summed E-state index contributed by atoms with van der Waals surface area (Å²) in [6.07, 6.45) is 5.94. The highest BCUT2D eigenvalue weighted by molar-refractivity contribution is 7.18. The van der Waals surface area contributed by atoms with Gasteiger partial charge < -0.3 is 25.6 Å². The van der Waals surface area contributed by atoms with E-state index >= 15 is 0 Å². The molecule has 6 rings (SSSR count). The molecule has 38 heavy (non-hydrogen) atoms. The zero-order valence-corrected chi connectivity index (χ0v) is 21.5. The van der Waals surface area contributed by atoms with Gasteiger partial charge in [0.1, 0.15) is 16.3 Å². The standard InChI is InChI=1S/C26H25N5O6S/c1-11-17(21(26(36)37)31-20(11)18(12(2)32)24(31)35)15-9-30-23(13-5-6-13)28-19(25(30)38-15)22(34)14-4-3-7-29(8-14)10-16(27)33/h3-4,7-9,11-13,18,20,32H,5-6,10H2,1-2H3,(H2-,27,33,36,37)/t11-,12+,18+,20+/m0/s1. The van der Waals surface area contributed by atoms with Crippen molar-refractivity contribution in [1.29, 1.82) is 0 Å². The summed E-state index contributed by atoms with van der Waals surface area (Å²) in [7, 11) is 0. The third-order valence-corrected chi connectivity index (χ3v) is 8.72. The largest absolute Gasteiger partial charge is 0.543 e. The minimum atomic E-state index is -1.45. The number of fused-ring (bicyclic) bond motifs is 2. The van der Waals surface area contributed by atoms with Crippen LogP contribution in [0.5, 0.6) is 0 Å². The lowest BCUT2D eigenvalue weighted by Crippen LogP contribution is -2.64. The molecule has 2 aliphatic heterocycles. The molecular weight excluding hydrogens is 510 g/mol. The number of nitrogens with zero attached hydrogens (tertiary/aromatic N) is 4. The number of hydrogen-bond donors (Lipinski definition) is 2. The molecule has 3 aromatic heterocycles. The van der Waals surface area contributed by atoms with E-state index in [1.807, 2.05) is 11.3 Å². The van der Waals surface area contributed by atoms with Crippen molar-refractivity contribution in [1.82, 2.24) is 14.3 Å². The summed E-state index contributed by atoms with van der Waals surface area (Å²) in [5, 5.41) is 22.4. The molecule has 3 aliphatic rings. The lowest BCUT2D eigenvalue weighted by atomic mass is 9.77. The second-order valence-electron chi connectivity index (χ2n) is 10.2. The molecule has 1 saturated heterocycles. The van der Waals surface area contributed by atoms with E-state index in [2.05, 4.69) is 4.98 Å². The Kier molecular flexibility index (Phi) is 5.51. The van der Waals surface area contributed by atoms with Crippen LogP contribution in [0.1, 0.15) is 59.4 Å². The second-order valence-corrected chi connectivity index (χ2v) is 11.3. The number of hydrogen-bond acceptors (Lipinski definition) is 8. The summed E-state index contributed by atoms with van der Waals surface area (Å²) < 4.78 is 3.38. The number of aliphatic carboxylic acids is 1. The predicted molar refractivity (Wildman–Crippen MR) is 131 cm³/mol. The molecule has 0 aromatic carbocycles. The van der Waals surface area contributed by atoms with Gasteiger partial charge in [-0.3, -0.25) is 18.8 Å². The Labute approximate surface area is 220 Å². The third kappa shape index (κ3) is 3.58. The van der Waals surface area contributed by atoms with Crippen LogP contribution in [0.25, 0.3) is 10.4 Å². The normalized spacial score (nSPS) is 23.5. The van der Waals surface area contributed by atoms with Gasteiger partial charge in [-0.1, -0.05) is 6.92 Å². The quantitative estimate of drug-likeness (QED) is 0.225. The maximum atomic E-state index is 13.6. The number of β-lactam (4-membered cyclic amide) rings is 1. The van der Waals surface area contributed by atoms with E-state index in [0.29, 0.717) is 20.8 Å². The number of carboxylic acids is 1. The molecule has 0 radical (unpaired) electrons. The summed E-state index contributed by atoms with van der Waals surface area (Å²) >= 11 is 1.24. The number of aliphatic hydroxyl groups excluding tert-OH is 1. The zero-order chi connectivity index (χ0) is 27.0. The molecule has 1 saturated carbocycles. The molecule has 0 unspecified atom stereocenters. The fourth-order valence-electron chi connectivity index (χ4n) is 5.76. The highest BCUT2D eigenvalue weighted by Gasteiger charge is 2.59. The first-order valence-electron chi connectivity index (χ1n) is 12.4. The second kappa shape index (κ2) is 8.57. The summed E-state index contributed by atoms with van der Waals surface area (Å²) in [4.78, 5) is 57.0. The van der Waals surface area contributed by atoms with Crippen molar-refractivity contribution in [3.05, 3.63) is 58.4 Å². The van der Waals surface area contributed by atoms with Crippen LogP contribution >= 0.6 is 11.3 Å². The number of carbonyl (C=O) groups is 4. The molecule has 196 valence electrons. The van der Waals surface area contributed by atoms with Crippen molar-refractivity contribution in [2.45, 2.75) is 51.3 Å². The van der Waals surface area contributed by atoms with Gasteiger partial charge >= 0.3 is 0 Å². The van der Waals surface area contributed by atoms with E-state index in [1.165, 1.54) is 27.7 Å². The van der Waals surface area contributed by atoms with Crippen molar-refractivity contribution >= 4 is 45.3 Å². The predicted octanol–water partition coefficient (Wildman–Crippen LogP) is -0.404. The number of nitrogens with two attached hydrogens (primary N) is 1. The first-order chi connectivity index (χ1) is 18.1. The number of aliphatic hydroxyl groups is 1. The molecule has 4 atom stereocenters. The average molecular weight is 536 g/mol. The van der Waals surface area contributed by atoms with Crippen LogP contribution in [0, 0.1) is 11.8 Å². The SMILES string of the molecule is C[C@@H](O)[C@H]1C(=O)N2C(C(=O)[O-])=C(c3cn4c(C5CC5)nc(C(=O)c5ccc[n+](CC(N)=O)c5)c4s3)[C@H](C)[C@H]12. The van der Waals surface area contributed by atoms with Crippen molar-refractivity contribution in [3.63, 3.8) is 0 Å². The van der Waals surface area contributed by atoms with Gasteiger partial charge in [-0.15, -0.1) is 11.3 Å². The molecule has 11 nitrogen and oxygen atoms in total. The third-order valence-electron chi connectivity index (χ3n) is 7.59. The molecule has 0 spiro atoms. The molecule has 12 heteroatoms. The van der Waals surface area contributed by atoms with E-state index in [-0.39, 0.29) is 35.6 Å². The van der Waals surface area contributed by atoms with Crippen LogP contribution in [-0.4, -0.2) is 55.1 Å². The summed E-state index contributed by atoms with van der Waals surface area (Å²) in [5.41, 5.74) is 6.15. The molecule has 2 fully saturated rings. The highest BCUT2D eigenvalue weighted by Crippen LogP contribution is 2.52. The van der Waals surface area contributed by atoms with Crippen molar-refractivity contribution in [2.24, 2.45) is 17.6 Å². The van der Waals surface area contributed by atoms with Gasteiger partial charge in [-0.25, -0.2) is 4.98 Å². The van der Waals surface area contributed by atoms with Crippen LogP contribution in [0.2, 0.25) is 0 Å². The lowest BCUT2D eigenvalue weighted by molar-refractivity contribution is -0.684. The van der Waals surface area contributed by atoms with Gasteiger partial charge in [0.25, 0.3) is 5.91 Å². The summed E-state index contributed by atoms with van der Waals surface area (Å²) in [5.74, 6) is -2.87. The number of ketones is 1. The molecule has 1 aliphatic carbocycles. The van der Waals surface area contributed by atoms with E-state index in [0.717, 1.165) is 18.7 Å². The maximum Gasteiger partial charge on any atom is 0.283 e. The number of aromatic nitrogens is 3. The van der Waals surface area contributed by atoms with Crippen LogP contribution in [0.15, 0.2) is 36.4 Å². The van der Waals surface area contributed by atoms with Gasteiger partial charge in [0, 0.05) is 29.7 Å². The molecule has 3 N–H and O–H groups in total. The summed E-state index contributed by atoms with van der Waals surface area (Å²) in [6, 6.07) is 2.82. The van der Waals surface area contributed by atoms with E-state index in [4.69, 9.17) is 5.73 Å². The van der Waals surface area contributed by atoms with Crippen molar-refractivity contribution in [2.75, 3.05) is 0 Å². The lowest BCUT2D eigenvalue weighted by Gasteiger charge is -2.47. The number of thiazole rings is 1. The fourth-order valence-corrected chi connectivity index (χ4v) is 7.00. The number of amides is 2. The minimum absolute atomic E-state index is 0.0714. The van der Waals surface area contributed by atoms with Crippen molar-refractivity contribution in [3.8, 4) is 0 Å². The van der Waals surface area contributed by atoms with E-state index in [9.17, 15) is 29.4 Å². The minimum Gasteiger partial charge on any atom is -0.543 e. The number of imidazole rings is 1. The van der Waals surface area contributed by atoms with E-state index in [1.54, 1.807) is 30.7 Å². The Balaban J connectivity index is 1.46. The Morgan fingerprint density at radius 1 is 1.34 bits per heavy atom. The first-order valence-corrected chi connectivity index (χ1v) is 13.2. The number of carboxylic acid groups (broad SMARTS) is 1. The van der Waals surface area contributed by atoms with Crippen molar-refractivity contribution < 1.29 is 34.0 Å². The smallest absolute Gasteiger partial charge is 0.283 e. The van der Waals surface area contributed by atoms with Gasteiger partial charge in [-0.05, 0) is 25.8 Å². The Morgan fingerprint density at radius 3 is 2.71 bits per heavy atom. The zero-order valence-electron chi connectivity index (χ0n) is 20.7. The van der Waals surface area contributed by atoms with Crippen LogP contribution < -0.4 is 15.4 Å². The maximum absolute atomic E-state index is 13.6. The Morgan fingerprint density at radius 2 is 2.08 bits per heavy atom. The van der Waals surface area contributed by atoms with Gasteiger partial charge in [-0.2, -0.15) is 4.57 Å². The van der Waals surface area contributed by atoms with E-state index < -0.39 is 35.8 Å². The Hall–Kier alpha value is -3.90. The van der Waals surface area contributed by atoms with Gasteiger partial charge in [0.15, 0.2) is 12.4 Å². The molecule has 2 amide bonds. The molecule has 3 aromatic rings. The fraction of sp³-hybridized carbons (Fsp3) is 0.385. The van der Waals surface area contributed by atoms with Gasteiger partial charge in [0.05, 0.1) is 40.2 Å². The number of pyridine rings is 1. The topological polar surface area (TPSA) is 162 Å². The number of carbonyl (C=O) groups excluding carboxylic acids is 4. The highest BCUT2D eigenvalue weighted by atomic mass is 32.1. The molecule has 0 bridgehead atoms. The van der Waals surface area contributed by atoms with Crippen LogP contribution in [-0.2, 0) is 20.9 Å². The monoisotopic (exact) mass is 535 g/mol. The number of rotatable bonds is 8. The summed E-state index contributed by atoms with van der Waals surface area (Å²) in [6.45, 7) is 3.30. The van der Waals surface area contributed by atoms with Crippen LogP contribution in [0.3, 0.4) is 0 Å². The first kappa shape index (κ1) is 24.4. The molecule has 5 heterocycles. The van der Waals surface area contributed by atoms with Crippen LogP contribution in [0.4, 0.5) is 0 Å². The molecular formula is C26H25N5O6S. The Bertz CT molecular complexity index is 1580.